The first-order valence-electron chi connectivity index (χ1n) is 7.90. The van der Waals surface area contributed by atoms with E-state index in [9.17, 15) is 9.59 Å². The first kappa shape index (κ1) is 19.2. The molecule has 2 rings (SSSR count). The maximum absolute atomic E-state index is 12.1. The lowest BCUT2D eigenvalue weighted by atomic mass is 10.1. The molecule has 0 spiro atoms. The summed E-state index contributed by atoms with van der Waals surface area (Å²) in [5.41, 5.74) is 0.423. The molecule has 0 bridgehead atoms. The van der Waals surface area contributed by atoms with E-state index >= 15 is 0 Å². The number of nitrogens with zero attached hydrogens (tertiary/aromatic N) is 1. The highest BCUT2D eigenvalue weighted by atomic mass is 32.1. The number of esters is 2. The monoisotopic (exact) mass is 371 g/mol. The van der Waals surface area contributed by atoms with Crippen LogP contribution in [-0.2, 0) is 9.53 Å². The first-order chi connectivity index (χ1) is 12.6. The van der Waals surface area contributed by atoms with Gasteiger partial charge < -0.3 is 14.2 Å². The van der Waals surface area contributed by atoms with E-state index in [-0.39, 0.29) is 17.9 Å². The molecule has 0 unspecified atom stereocenters. The molecule has 2 aromatic rings. The van der Waals surface area contributed by atoms with Gasteiger partial charge in [0.2, 0.25) is 0 Å². The van der Waals surface area contributed by atoms with Gasteiger partial charge in [0.25, 0.3) is 0 Å². The van der Waals surface area contributed by atoms with Gasteiger partial charge in [0.15, 0.2) is 11.5 Å². The van der Waals surface area contributed by atoms with Crippen LogP contribution in [0.5, 0.6) is 11.5 Å². The van der Waals surface area contributed by atoms with Crippen molar-refractivity contribution in [3.05, 3.63) is 51.7 Å². The van der Waals surface area contributed by atoms with Crippen molar-refractivity contribution in [1.82, 2.24) is 0 Å². The Bertz CT molecular complexity index is 849. The summed E-state index contributed by atoms with van der Waals surface area (Å²) in [6, 6.07) is 10.0. The second-order valence-corrected chi connectivity index (χ2v) is 5.84. The number of ether oxygens (including phenoxy) is 3. The summed E-state index contributed by atoms with van der Waals surface area (Å²) in [6.07, 6.45) is 1.39. The molecule has 0 amide bonds. The van der Waals surface area contributed by atoms with Gasteiger partial charge >= 0.3 is 11.9 Å². The molecule has 6 nitrogen and oxygen atoms in total. The summed E-state index contributed by atoms with van der Waals surface area (Å²) in [7, 11) is 0. The lowest BCUT2D eigenvalue weighted by Crippen LogP contribution is -2.08. The number of nitriles is 1. The molecule has 26 heavy (non-hydrogen) atoms. The Morgan fingerprint density at radius 2 is 2.00 bits per heavy atom. The zero-order valence-electron chi connectivity index (χ0n) is 14.4. The van der Waals surface area contributed by atoms with Crippen LogP contribution in [0.1, 0.15) is 29.1 Å². The number of carbonyl (C=O) groups is 2. The average Bonchev–Trinajstić information content (AvgIpc) is 3.17. The fraction of sp³-hybridized carbons (Fsp3) is 0.211. The molecule has 134 valence electrons. The molecule has 1 heterocycles. The second-order valence-electron chi connectivity index (χ2n) is 4.90. The standard InChI is InChI=1S/C19H17NO5S/c1-3-23-16-11-13(10-14(12-20)18(21)24-4-2)7-8-15(16)25-19(22)17-6-5-9-26-17/h5-11H,3-4H2,1-2H3. The fourth-order valence-electron chi connectivity index (χ4n) is 2.02. The molecular formula is C19H17NO5S. The van der Waals surface area contributed by atoms with Crippen LogP contribution in [-0.4, -0.2) is 25.2 Å². The molecule has 0 N–H and O–H groups in total. The van der Waals surface area contributed by atoms with Crippen LogP contribution in [0.25, 0.3) is 6.08 Å². The van der Waals surface area contributed by atoms with Crippen molar-refractivity contribution in [2.45, 2.75) is 13.8 Å². The van der Waals surface area contributed by atoms with E-state index < -0.39 is 11.9 Å². The van der Waals surface area contributed by atoms with Gasteiger partial charge in [-0.2, -0.15) is 5.26 Å². The predicted molar refractivity (Wildman–Crippen MR) is 97.1 cm³/mol. The van der Waals surface area contributed by atoms with Crippen molar-refractivity contribution in [2.24, 2.45) is 0 Å². The van der Waals surface area contributed by atoms with Gasteiger partial charge in [-0.05, 0) is 49.1 Å². The Hall–Kier alpha value is -3.11. The van der Waals surface area contributed by atoms with E-state index in [0.29, 0.717) is 22.8 Å². The lowest BCUT2D eigenvalue weighted by Gasteiger charge is -2.11. The molecule has 0 aliphatic carbocycles. The Labute approximate surface area is 155 Å². The molecule has 1 aromatic heterocycles. The van der Waals surface area contributed by atoms with E-state index in [2.05, 4.69) is 0 Å². The van der Waals surface area contributed by atoms with Gasteiger partial charge in [-0.25, -0.2) is 9.59 Å². The molecule has 1 aromatic carbocycles. The number of hydrogen-bond donors (Lipinski definition) is 0. The lowest BCUT2D eigenvalue weighted by molar-refractivity contribution is -0.137. The average molecular weight is 371 g/mol. The van der Waals surface area contributed by atoms with Crippen molar-refractivity contribution >= 4 is 29.4 Å². The highest BCUT2D eigenvalue weighted by molar-refractivity contribution is 7.12. The minimum absolute atomic E-state index is 0.127. The Morgan fingerprint density at radius 1 is 1.19 bits per heavy atom. The van der Waals surface area contributed by atoms with Crippen molar-refractivity contribution < 1.29 is 23.8 Å². The van der Waals surface area contributed by atoms with Gasteiger partial charge in [0, 0.05) is 0 Å². The third-order valence-electron chi connectivity index (χ3n) is 3.12. The maximum atomic E-state index is 12.1. The van der Waals surface area contributed by atoms with Gasteiger partial charge in [-0.3, -0.25) is 0 Å². The minimum atomic E-state index is -0.693. The Balaban J connectivity index is 2.29. The van der Waals surface area contributed by atoms with Crippen LogP contribution in [0.15, 0.2) is 41.3 Å². The summed E-state index contributed by atoms with van der Waals surface area (Å²) in [5.74, 6) is -0.570. The van der Waals surface area contributed by atoms with Gasteiger partial charge in [0.05, 0.1) is 13.2 Å². The van der Waals surface area contributed by atoms with Gasteiger partial charge in [-0.1, -0.05) is 12.1 Å². The highest BCUT2D eigenvalue weighted by Gasteiger charge is 2.15. The topological polar surface area (TPSA) is 85.6 Å². The van der Waals surface area contributed by atoms with Crippen molar-refractivity contribution in [2.75, 3.05) is 13.2 Å². The fourth-order valence-corrected chi connectivity index (χ4v) is 2.62. The van der Waals surface area contributed by atoms with Gasteiger partial charge in [-0.15, -0.1) is 11.3 Å². The smallest absolute Gasteiger partial charge is 0.353 e. The van der Waals surface area contributed by atoms with Crippen LogP contribution in [0.2, 0.25) is 0 Å². The molecule has 0 atom stereocenters. The molecule has 0 fully saturated rings. The van der Waals surface area contributed by atoms with Crippen LogP contribution in [0, 0.1) is 11.3 Å². The van der Waals surface area contributed by atoms with E-state index in [0.717, 1.165) is 0 Å². The van der Waals surface area contributed by atoms with E-state index in [4.69, 9.17) is 19.5 Å². The van der Waals surface area contributed by atoms with Gasteiger partial charge in [0.1, 0.15) is 16.5 Å². The van der Waals surface area contributed by atoms with E-state index in [1.807, 2.05) is 6.07 Å². The zero-order chi connectivity index (χ0) is 18.9. The molecular weight excluding hydrogens is 354 g/mol. The summed E-state index contributed by atoms with van der Waals surface area (Å²) in [5, 5.41) is 10.9. The summed E-state index contributed by atoms with van der Waals surface area (Å²) in [4.78, 5) is 24.3. The number of rotatable bonds is 7. The van der Waals surface area contributed by atoms with Crippen LogP contribution < -0.4 is 9.47 Å². The first-order valence-corrected chi connectivity index (χ1v) is 8.78. The predicted octanol–water partition coefficient (Wildman–Crippen LogP) is 3.84. The molecule has 0 saturated carbocycles. The normalized spacial score (nSPS) is 10.7. The highest BCUT2D eigenvalue weighted by Crippen LogP contribution is 2.30. The van der Waals surface area contributed by atoms with Crippen molar-refractivity contribution in [1.29, 1.82) is 5.26 Å². The number of hydrogen-bond acceptors (Lipinski definition) is 7. The Morgan fingerprint density at radius 3 is 2.62 bits per heavy atom. The number of thiophene rings is 1. The quantitative estimate of drug-likeness (QED) is 0.318. The third kappa shape index (κ3) is 4.94. The maximum Gasteiger partial charge on any atom is 0.353 e. The van der Waals surface area contributed by atoms with Crippen molar-refractivity contribution in [3.63, 3.8) is 0 Å². The SMILES string of the molecule is CCOC(=O)C(C#N)=Cc1ccc(OC(=O)c2cccs2)c(OCC)c1. The minimum Gasteiger partial charge on any atom is -0.490 e. The van der Waals surface area contributed by atoms with Crippen LogP contribution in [0.4, 0.5) is 0 Å². The molecule has 0 aliphatic heterocycles. The largest absolute Gasteiger partial charge is 0.490 e. The molecule has 0 radical (unpaired) electrons. The number of benzene rings is 1. The Kier molecular flexibility index (Phi) is 6.94. The molecule has 0 aliphatic rings. The van der Waals surface area contributed by atoms with E-state index in [1.54, 1.807) is 49.6 Å². The summed E-state index contributed by atoms with van der Waals surface area (Å²) in [6.45, 7) is 4.00. The molecule has 0 saturated heterocycles. The zero-order valence-corrected chi connectivity index (χ0v) is 15.2. The summed E-state index contributed by atoms with van der Waals surface area (Å²) < 4.78 is 15.7. The van der Waals surface area contributed by atoms with E-state index in [1.165, 1.54) is 17.4 Å². The van der Waals surface area contributed by atoms with Crippen LogP contribution >= 0.6 is 11.3 Å². The summed E-state index contributed by atoms with van der Waals surface area (Å²) >= 11 is 1.28. The van der Waals surface area contributed by atoms with Crippen LogP contribution in [0.3, 0.4) is 0 Å². The second kappa shape index (κ2) is 9.39. The third-order valence-corrected chi connectivity index (χ3v) is 3.97. The number of carbonyl (C=O) groups excluding carboxylic acids is 2. The van der Waals surface area contributed by atoms with Crippen molar-refractivity contribution in [3.8, 4) is 17.6 Å². The molecule has 7 heteroatoms.